The first-order chi connectivity index (χ1) is 11.6. The van der Waals surface area contributed by atoms with Gasteiger partial charge in [0.15, 0.2) is 0 Å². The lowest BCUT2D eigenvalue weighted by Gasteiger charge is -2.42. The Morgan fingerprint density at radius 3 is 2.42 bits per heavy atom. The summed E-state index contributed by atoms with van der Waals surface area (Å²) in [7, 11) is 0. The fourth-order valence-corrected chi connectivity index (χ4v) is 4.45. The van der Waals surface area contributed by atoms with Crippen molar-refractivity contribution in [1.29, 1.82) is 0 Å². The van der Waals surface area contributed by atoms with Crippen LogP contribution in [0, 0.1) is 11.8 Å². The van der Waals surface area contributed by atoms with Crippen molar-refractivity contribution in [2.24, 2.45) is 11.8 Å². The van der Waals surface area contributed by atoms with E-state index in [1.54, 1.807) is 0 Å². The van der Waals surface area contributed by atoms with E-state index < -0.39 is 11.2 Å². The van der Waals surface area contributed by atoms with Gasteiger partial charge in [0.25, 0.3) is 0 Å². The molecule has 2 aromatic carbocycles. The summed E-state index contributed by atoms with van der Waals surface area (Å²) in [6.07, 6.45) is 0.687. The fraction of sp³-hybridized carbons (Fsp3) is 0.429. The zero-order valence-corrected chi connectivity index (χ0v) is 14.0. The average Bonchev–Trinajstić information content (AvgIpc) is 3.16. The molecule has 3 nitrogen and oxygen atoms in total. The molecule has 0 bridgehead atoms. The minimum atomic E-state index is -0.984. The van der Waals surface area contributed by atoms with Gasteiger partial charge in [-0.25, -0.2) is 0 Å². The Morgan fingerprint density at radius 2 is 1.71 bits per heavy atom. The van der Waals surface area contributed by atoms with Gasteiger partial charge in [0, 0.05) is 12.5 Å². The Balaban J connectivity index is 1.67. The molecule has 4 atom stereocenters. The Bertz CT molecular complexity index is 687. The topological polar surface area (TPSA) is 38.7 Å². The minimum Gasteiger partial charge on any atom is -0.382 e. The van der Waals surface area contributed by atoms with Crippen molar-refractivity contribution in [3.05, 3.63) is 71.8 Å². The highest BCUT2D eigenvalue weighted by Gasteiger charge is 2.64. The summed E-state index contributed by atoms with van der Waals surface area (Å²) in [6, 6.07) is 20.1. The maximum atomic E-state index is 11.7. The molecular formula is C21H24O3. The van der Waals surface area contributed by atoms with Gasteiger partial charge in [0.1, 0.15) is 11.2 Å². The lowest BCUT2D eigenvalue weighted by molar-refractivity contribution is -0.190. The lowest BCUT2D eigenvalue weighted by Crippen LogP contribution is -2.51. The van der Waals surface area contributed by atoms with Crippen LogP contribution in [-0.4, -0.2) is 23.9 Å². The Labute approximate surface area is 143 Å². The summed E-state index contributed by atoms with van der Waals surface area (Å²) in [6.45, 7) is 3.92. The number of aliphatic hydroxyl groups is 1. The molecule has 2 aliphatic rings. The zero-order chi connectivity index (χ0) is 16.6. The van der Waals surface area contributed by atoms with Gasteiger partial charge in [-0.3, -0.25) is 0 Å². The Morgan fingerprint density at radius 1 is 1.04 bits per heavy atom. The number of hydrogen-bond donors (Lipinski definition) is 1. The van der Waals surface area contributed by atoms with Crippen LogP contribution in [0.1, 0.15) is 24.5 Å². The predicted molar refractivity (Wildman–Crippen MR) is 92.4 cm³/mol. The molecule has 24 heavy (non-hydrogen) atoms. The van der Waals surface area contributed by atoms with E-state index in [2.05, 4.69) is 19.1 Å². The molecule has 1 saturated carbocycles. The van der Waals surface area contributed by atoms with E-state index >= 15 is 0 Å². The van der Waals surface area contributed by atoms with Gasteiger partial charge in [-0.2, -0.15) is 0 Å². The summed E-state index contributed by atoms with van der Waals surface area (Å²) >= 11 is 0. The van der Waals surface area contributed by atoms with Gasteiger partial charge in [-0.1, -0.05) is 60.7 Å². The van der Waals surface area contributed by atoms with E-state index in [0.717, 1.165) is 11.1 Å². The van der Waals surface area contributed by atoms with Gasteiger partial charge in [-0.05, 0) is 30.4 Å². The Kier molecular flexibility index (Phi) is 3.95. The SMILES string of the molecule is C[C@@]1(OCc2ccccc2)[C@@H]2COC[C@@H]2C[C@@]1(O)c1ccccc1. The van der Waals surface area contributed by atoms with Crippen molar-refractivity contribution >= 4 is 0 Å². The molecule has 1 saturated heterocycles. The Hall–Kier alpha value is -1.68. The second-order valence-corrected chi connectivity index (χ2v) is 7.22. The highest BCUT2D eigenvalue weighted by Crippen LogP contribution is 2.56. The highest BCUT2D eigenvalue weighted by molar-refractivity contribution is 5.30. The maximum absolute atomic E-state index is 11.7. The monoisotopic (exact) mass is 324 g/mol. The molecule has 2 aromatic rings. The third kappa shape index (κ3) is 2.39. The molecule has 1 aliphatic heterocycles. The number of hydrogen-bond acceptors (Lipinski definition) is 3. The fourth-order valence-electron chi connectivity index (χ4n) is 4.45. The predicted octanol–water partition coefficient (Wildman–Crippen LogP) is 3.52. The molecule has 126 valence electrons. The van der Waals surface area contributed by atoms with Gasteiger partial charge < -0.3 is 14.6 Å². The average molecular weight is 324 g/mol. The third-order valence-electron chi connectivity index (χ3n) is 5.92. The minimum absolute atomic E-state index is 0.214. The van der Waals surface area contributed by atoms with Crippen molar-refractivity contribution in [2.45, 2.75) is 31.2 Å². The van der Waals surface area contributed by atoms with E-state index in [1.807, 2.05) is 48.5 Å². The molecule has 0 aromatic heterocycles. The van der Waals surface area contributed by atoms with Gasteiger partial charge >= 0.3 is 0 Å². The van der Waals surface area contributed by atoms with Crippen molar-refractivity contribution in [2.75, 3.05) is 13.2 Å². The first-order valence-corrected chi connectivity index (χ1v) is 8.67. The summed E-state index contributed by atoms with van der Waals surface area (Å²) < 4.78 is 12.1. The summed E-state index contributed by atoms with van der Waals surface area (Å²) in [4.78, 5) is 0. The first-order valence-electron chi connectivity index (χ1n) is 8.67. The molecule has 3 heteroatoms. The van der Waals surface area contributed by atoms with Gasteiger partial charge in [-0.15, -0.1) is 0 Å². The molecule has 0 unspecified atom stereocenters. The van der Waals surface area contributed by atoms with Crippen molar-refractivity contribution in [1.82, 2.24) is 0 Å². The summed E-state index contributed by atoms with van der Waals surface area (Å²) in [5.41, 5.74) is 0.416. The molecule has 4 rings (SSSR count). The van der Waals surface area contributed by atoms with E-state index in [4.69, 9.17) is 9.47 Å². The molecule has 2 fully saturated rings. The van der Waals surface area contributed by atoms with Crippen LogP contribution in [0.5, 0.6) is 0 Å². The van der Waals surface area contributed by atoms with Crippen LogP contribution in [0.25, 0.3) is 0 Å². The van der Waals surface area contributed by atoms with Crippen molar-refractivity contribution in [3.8, 4) is 0 Å². The van der Waals surface area contributed by atoms with Crippen LogP contribution in [0.15, 0.2) is 60.7 Å². The van der Waals surface area contributed by atoms with E-state index in [-0.39, 0.29) is 5.92 Å². The molecule has 1 heterocycles. The van der Waals surface area contributed by atoms with Crippen LogP contribution < -0.4 is 0 Å². The van der Waals surface area contributed by atoms with Crippen LogP contribution in [0.2, 0.25) is 0 Å². The summed E-state index contributed by atoms with van der Waals surface area (Å²) in [5, 5.41) is 11.7. The largest absolute Gasteiger partial charge is 0.382 e. The molecule has 0 radical (unpaired) electrons. The second-order valence-electron chi connectivity index (χ2n) is 7.22. The molecule has 0 amide bonds. The van der Waals surface area contributed by atoms with Crippen LogP contribution in [-0.2, 0) is 21.7 Å². The number of benzene rings is 2. The number of fused-ring (bicyclic) bond motifs is 1. The van der Waals surface area contributed by atoms with Crippen LogP contribution in [0.4, 0.5) is 0 Å². The highest BCUT2D eigenvalue weighted by atomic mass is 16.5. The third-order valence-corrected chi connectivity index (χ3v) is 5.92. The second kappa shape index (κ2) is 5.99. The van der Waals surface area contributed by atoms with E-state index in [1.165, 1.54) is 0 Å². The van der Waals surface area contributed by atoms with Crippen molar-refractivity contribution < 1.29 is 14.6 Å². The summed E-state index contributed by atoms with van der Waals surface area (Å²) in [5.74, 6) is 0.558. The smallest absolute Gasteiger partial charge is 0.119 e. The quantitative estimate of drug-likeness (QED) is 0.935. The van der Waals surface area contributed by atoms with Crippen molar-refractivity contribution in [3.63, 3.8) is 0 Å². The van der Waals surface area contributed by atoms with Gasteiger partial charge in [0.05, 0.1) is 13.2 Å². The number of ether oxygens (including phenoxy) is 2. The van der Waals surface area contributed by atoms with Crippen LogP contribution in [0.3, 0.4) is 0 Å². The van der Waals surface area contributed by atoms with Crippen LogP contribution >= 0.6 is 0 Å². The molecule has 0 spiro atoms. The normalized spacial score (nSPS) is 35.1. The maximum Gasteiger partial charge on any atom is 0.119 e. The molecular weight excluding hydrogens is 300 g/mol. The molecule has 1 N–H and O–H groups in total. The van der Waals surface area contributed by atoms with E-state index in [9.17, 15) is 5.11 Å². The standard InChI is InChI=1S/C21H24O3/c1-20(24-13-16-8-4-2-5-9-16)19-15-23-14-17(19)12-21(20,22)18-10-6-3-7-11-18/h2-11,17,19,22H,12-15H2,1H3/t17-,19+,20+,21+/m0/s1. The van der Waals surface area contributed by atoms with Gasteiger partial charge in [0.2, 0.25) is 0 Å². The first kappa shape index (κ1) is 15.8. The molecule has 1 aliphatic carbocycles. The van der Waals surface area contributed by atoms with E-state index in [0.29, 0.717) is 32.2 Å². The lowest BCUT2D eigenvalue weighted by atomic mass is 9.77. The number of rotatable bonds is 4. The zero-order valence-electron chi connectivity index (χ0n) is 14.0.